The lowest BCUT2D eigenvalue weighted by Gasteiger charge is -2.37. The minimum Gasteiger partial charge on any atom is -0.129 e. The fourth-order valence-corrected chi connectivity index (χ4v) is 8.64. The minimum absolute atomic E-state index is 1.92. The second-order valence-corrected chi connectivity index (χ2v) is 14.6. The molecule has 0 bridgehead atoms. The van der Waals surface area contributed by atoms with Crippen molar-refractivity contribution >= 4 is 47.2 Å². The molecule has 0 fully saturated rings. The largest absolute Gasteiger partial charge is 0.377 e. The van der Waals surface area contributed by atoms with Gasteiger partial charge in [-0.15, -0.1) is 18.3 Å². The SMILES string of the molecule is CN(C)[P+](OP(=S)(Cl)Cl)(N(C)C)N(C)C. The van der Waals surface area contributed by atoms with Crippen molar-refractivity contribution in [1.82, 2.24) is 14.0 Å². The van der Waals surface area contributed by atoms with Gasteiger partial charge in [-0.3, -0.25) is 0 Å². The Morgan fingerprint density at radius 3 is 1.27 bits per heavy atom. The first-order valence-corrected chi connectivity index (χ1v) is 10.3. The van der Waals surface area contributed by atoms with Gasteiger partial charge >= 0.3 is 7.94 Å². The summed E-state index contributed by atoms with van der Waals surface area (Å²) in [5.41, 5.74) is 0. The summed E-state index contributed by atoms with van der Waals surface area (Å²) in [6.45, 7) is 0. The van der Waals surface area contributed by atoms with E-state index in [0.717, 1.165) is 0 Å². The van der Waals surface area contributed by atoms with Gasteiger partial charge < -0.3 is 0 Å². The highest BCUT2D eigenvalue weighted by molar-refractivity contribution is 8.37. The Hall–Kier alpha value is 1.50. The molecule has 0 aromatic heterocycles. The van der Waals surface area contributed by atoms with Crippen LogP contribution in [0.1, 0.15) is 0 Å². The van der Waals surface area contributed by atoms with Crippen LogP contribution in [0.5, 0.6) is 0 Å². The van der Waals surface area contributed by atoms with Crippen LogP contribution in [0.4, 0.5) is 0 Å². The Kier molecular flexibility index (Phi) is 6.49. The molecular formula is C6H18Cl2N3OP2S+. The second kappa shape index (κ2) is 5.90. The third-order valence-corrected chi connectivity index (χ3v) is 8.24. The third-order valence-electron chi connectivity index (χ3n) is 1.77. The van der Waals surface area contributed by atoms with Crippen LogP contribution in [0.2, 0.25) is 0 Å². The Labute approximate surface area is 108 Å². The molecule has 0 aromatic rings. The number of hydrogen-bond donors (Lipinski definition) is 0. The van der Waals surface area contributed by atoms with Gasteiger partial charge in [0.25, 0.3) is 4.97 Å². The summed E-state index contributed by atoms with van der Waals surface area (Å²) >= 11 is 16.7. The predicted molar refractivity (Wildman–Crippen MR) is 75.1 cm³/mol. The lowest BCUT2D eigenvalue weighted by Crippen LogP contribution is -2.36. The summed E-state index contributed by atoms with van der Waals surface area (Å²) < 4.78 is 11.7. The van der Waals surface area contributed by atoms with Gasteiger partial charge in [0.1, 0.15) is 0 Å². The van der Waals surface area contributed by atoms with Crippen molar-refractivity contribution in [2.75, 3.05) is 42.3 Å². The van der Waals surface area contributed by atoms with E-state index in [1.54, 1.807) is 0 Å². The monoisotopic (exact) mass is 312 g/mol. The van der Waals surface area contributed by atoms with Gasteiger partial charge in [-0.1, -0.05) is 0 Å². The Balaban J connectivity index is 5.25. The van der Waals surface area contributed by atoms with Crippen molar-refractivity contribution in [3.8, 4) is 0 Å². The number of rotatable bonds is 5. The molecule has 0 saturated heterocycles. The maximum absolute atomic E-state index is 5.87. The molecule has 0 aromatic carbocycles. The Bertz CT molecular complexity index is 237. The van der Waals surface area contributed by atoms with Gasteiger partial charge in [-0.2, -0.15) is 0 Å². The molecule has 15 heavy (non-hydrogen) atoms. The first-order chi connectivity index (χ1) is 6.54. The lowest BCUT2D eigenvalue weighted by atomic mass is 11.2. The van der Waals surface area contributed by atoms with Crippen LogP contribution >= 0.6 is 35.4 Å². The highest BCUT2D eigenvalue weighted by Crippen LogP contribution is 2.77. The first kappa shape index (κ1) is 16.5. The molecule has 0 radical (unpaired) electrons. The molecule has 0 aliphatic rings. The molecule has 0 unspecified atom stereocenters. The van der Waals surface area contributed by atoms with E-state index >= 15 is 0 Å². The molecular weight excluding hydrogens is 295 g/mol. The van der Waals surface area contributed by atoms with E-state index in [1.807, 2.05) is 56.3 Å². The van der Waals surface area contributed by atoms with Crippen molar-refractivity contribution in [3.63, 3.8) is 0 Å². The zero-order chi connectivity index (χ0) is 12.4. The quantitative estimate of drug-likeness (QED) is 0.724. The van der Waals surface area contributed by atoms with Crippen molar-refractivity contribution in [2.45, 2.75) is 0 Å². The van der Waals surface area contributed by atoms with E-state index < -0.39 is 12.9 Å². The molecule has 9 heteroatoms. The van der Waals surface area contributed by atoms with E-state index in [4.69, 9.17) is 38.6 Å². The van der Waals surface area contributed by atoms with E-state index in [-0.39, 0.29) is 0 Å². The molecule has 0 amide bonds. The topological polar surface area (TPSA) is 19.0 Å². The van der Waals surface area contributed by atoms with Gasteiger partial charge in [0.15, 0.2) is 0 Å². The van der Waals surface area contributed by atoms with Crippen LogP contribution in [-0.4, -0.2) is 56.3 Å². The standard InChI is InChI=1S/C6H18Cl2N3OP2S/c1-9(2)14(10(3)4,11(5)6)12-13(7,8)15/h1-6H3/q+1. The molecule has 0 spiro atoms. The molecule has 4 nitrogen and oxygen atoms in total. The molecule has 0 heterocycles. The van der Waals surface area contributed by atoms with Crippen molar-refractivity contribution in [3.05, 3.63) is 0 Å². The average Bonchev–Trinajstić information content (AvgIpc) is 1.96. The molecule has 0 N–H and O–H groups in total. The average molecular weight is 313 g/mol. The molecule has 0 atom stereocenters. The van der Waals surface area contributed by atoms with Gasteiger partial charge in [0.2, 0.25) is 0 Å². The third kappa shape index (κ3) is 4.34. The fourth-order valence-electron chi connectivity index (χ4n) is 1.42. The van der Waals surface area contributed by atoms with E-state index in [0.29, 0.717) is 0 Å². The molecule has 0 rings (SSSR count). The predicted octanol–water partition coefficient (Wildman–Crippen LogP) is 3.07. The van der Waals surface area contributed by atoms with Crippen LogP contribution in [0.3, 0.4) is 0 Å². The van der Waals surface area contributed by atoms with Crippen LogP contribution < -0.4 is 0 Å². The van der Waals surface area contributed by atoms with Gasteiger partial charge in [-0.05, 0) is 34.3 Å². The Morgan fingerprint density at radius 1 is 0.933 bits per heavy atom. The molecule has 92 valence electrons. The van der Waals surface area contributed by atoms with E-state index in [2.05, 4.69) is 0 Å². The summed E-state index contributed by atoms with van der Waals surface area (Å²) in [5, 5.41) is 0. The minimum atomic E-state index is -2.75. The smallest absolute Gasteiger partial charge is 0.129 e. The normalized spacial score (nSPS) is 14.3. The highest BCUT2D eigenvalue weighted by atomic mass is 35.9. The van der Waals surface area contributed by atoms with Crippen LogP contribution in [0, 0.1) is 0 Å². The molecule has 0 aliphatic carbocycles. The van der Waals surface area contributed by atoms with Crippen LogP contribution in [0.25, 0.3) is 0 Å². The summed E-state index contributed by atoms with van der Waals surface area (Å²) in [6, 6.07) is 0. The number of hydrogen-bond acceptors (Lipinski definition) is 5. The van der Waals surface area contributed by atoms with Crippen LogP contribution in [0.15, 0.2) is 0 Å². The molecule has 0 saturated carbocycles. The van der Waals surface area contributed by atoms with E-state index in [9.17, 15) is 0 Å². The fraction of sp³-hybridized carbons (Fsp3) is 1.00. The maximum Gasteiger partial charge on any atom is 0.377 e. The first-order valence-electron chi connectivity index (χ1n) is 4.17. The zero-order valence-corrected chi connectivity index (χ0v) is 13.9. The Morgan fingerprint density at radius 2 is 1.20 bits per heavy atom. The highest BCUT2D eigenvalue weighted by Gasteiger charge is 2.54. The second-order valence-electron chi connectivity index (χ2n) is 3.55. The van der Waals surface area contributed by atoms with Gasteiger partial charge in [-0.25, -0.2) is 0 Å². The van der Waals surface area contributed by atoms with Gasteiger partial charge in [0, 0.05) is 42.3 Å². The summed E-state index contributed by atoms with van der Waals surface area (Å²) in [5.74, 6) is 0. The van der Waals surface area contributed by atoms with Gasteiger partial charge in [0.05, 0.1) is 0 Å². The zero-order valence-electron chi connectivity index (χ0n) is 9.81. The number of nitrogens with zero attached hydrogens (tertiary/aromatic N) is 3. The summed E-state index contributed by atoms with van der Waals surface area (Å²) in [4.78, 5) is -2.75. The van der Waals surface area contributed by atoms with Crippen LogP contribution in [-0.2, 0) is 16.1 Å². The van der Waals surface area contributed by atoms with Crippen molar-refractivity contribution in [2.24, 2.45) is 0 Å². The number of halogens is 2. The van der Waals surface area contributed by atoms with E-state index in [1.165, 1.54) is 0 Å². The summed E-state index contributed by atoms with van der Waals surface area (Å²) in [6.07, 6.45) is 0. The van der Waals surface area contributed by atoms with Crippen molar-refractivity contribution < 1.29 is 4.31 Å². The van der Waals surface area contributed by atoms with Crippen molar-refractivity contribution in [1.29, 1.82) is 0 Å². The molecule has 0 aliphatic heterocycles. The maximum atomic E-state index is 5.87. The summed E-state index contributed by atoms with van der Waals surface area (Å²) in [7, 11) is 9.39. The lowest BCUT2D eigenvalue weighted by molar-refractivity contribution is 0.369.